The Morgan fingerprint density at radius 3 is 2.52 bits per heavy atom. The molecule has 1 aliphatic rings. The Hall–Kier alpha value is -2.15. The zero-order valence-electron chi connectivity index (χ0n) is 13.8. The predicted octanol–water partition coefficient (Wildman–Crippen LogP) is 2.88. The maximum atomic E-state index is 12.1. The van der Waals surface area contributed by atoms with E-state index in [0.29, 0.717) is 24.5 Å². The summed E-state index contributed by atoms with van der Waals surface area (Å²) in [4.78, 5) is 24.0. The minimum atomic E-state index is -0.231. The van der Waals surface area contributed by atoms with Crippen LogP contribution in [-0.4, -0.2) is 35.1 Å². The smallest absolute Gasteiger partial charge is 0.269 e. The molecule has 0 aliphatic heterocycles. The summed E-state index contributed by atoms with van der Waals surface area (Å²) in [5.74, 6) is 0.0218. The highest BCUT2D eigenvalue weighted by molar-refractivity contribution is 9.10. The van der Waals surface area contributed by atoms with Crippen LogP contribution >= 0.6 is 15.9 Å². The van der Waals surface area contributed by atoms with E-state index in [4.69, 9.17) is 0 Å². The lowest BCUT2D eigenvalue weighted by molar-refractivity contribution is -0.124. The first-order chi connectivity index (χ1) is 12.1. The molecule has 1 aromatic carbocycles. The van der Waals surface area contributed by atoms with Gasteiger partial charge in [0.15, 0.2) is 0 Å². The van der Waals surface area contributed by atoms with E-state index in [-0.39, 0.29) is 17.7 Å². The Kier molecular flexibility index (Phi) is 5.86. The summed E-state index contributed by atoms with van der Waals surface area (Å²) in [6.45, 7) is 0.832. The topological polar surface area (TPSA) is 86.9 Å². The Morgan fingerprint density at radius 2 is 1.80 bits per heavy atom. The van der Waals surface area contributed by atoms with Crippen molar-refractivity contribution < 1.29 is 9.59 Å². The molecule has 1 fully saturated rings. The minimum Gasteiger partial charge on any atom is -0.354 e. The molecule has 1 saturated carbocycles. The Balaban J connectivity index is 1.45. The number of hydrogen-bond acceptors (Lipinski definition) is 3. The fraction of sp³-hybridized carbons (Fsp3) is 0.389. The number of nitrogens with one attached hydrogen (secondary N) is 3. The number of benzene rings is 1. The third kappa shape index (κ3) is 4.69. The van der Waals surface area contributed by atoms with Gasteiger partial charge in [0.1, 0.15) is 5.69 Å². The number of aromatic amines is 1. The molecule has 6 nitrogen and oxygen atoms in total. The SMILES string of the molecule is O=C(NCCNC(=O)C1CCCC1)c1cc(-c2ccc(Br)cc2)n[nH]1. The van der Waals surface area contributed by atoms with Crippen LogP contribution in [0.4, 0.5) is 0 Å². The zero-order valence-corrected chi connectivity index (χ0v) is 15.4. The summed E-state index contributed by atoms with van der Waals surface area (Å²) in [5.41, 5.74) is 2.05. The van der Waals surface area contributed by atoms with Gasteiger partial charge in [0.05, 0.1) is 5.69 Å². The van der Waals surface area contributed by atoms with Gasteiger partial charge in [0.25, 0.3) is 5.91 Å². The molecule has 2 amide bonds. The summed E-state index contributed by atoms with van der Waals surface area (Å²) in [6.07, 6.45) is 4.22. The number of aromatic nitrogens is 2. The number of rotatable bonds is 6. The molecule has 0 radical (unpaired) electrons. The summed E-state index contributed by atoms with van der Waals surface area (Å²) < 4.78 is 0.990. The van der Waals surface area contributed by atoms with E-state index in [2.05, 4.69) is 36.8 Å². The van der Waals surface area contributed by atoms with Gasteiger partial charge < -0.3 is 10.6 Å². The Labute approximate surface area is 154 Å². The molecule has 3 rings (SSSR count). The van der Waals surface area contributed by atoms with Crippen LogP contribution in [-0.2, 0) is 4.79 Å². The molecule has 0 spiro atoms. The lowest BCUT2D eigenvalue weighted by Crippen LogP contribution is -2.37. The molecule has 2 aromatic rings. The van der Waals surface area contributed by atoms with Crippen LogP contribution in [0.3, 0.4) is 0 Å². The average molecular weight is 405 g/mol. The molecular weight excluding hydrogens is 384 g/mol. The number of halogens is 1. The monoisotopic (exact) mass is 404 g/mol. The van der Waals surface area contributed by atoms with Crippen LogP contribution < -0.4 is 10.6 Å². The number of carbonyl (C=O) groups excluding carboxylic acids is 2. The van der Waals surface area contributed by atoms with Crippen LogP contribution in [0.1, 0.15) is 36.2 Å². The highest BCUT2D eigenvalue weighted by atomic mass is 79.9. The van der Waals surface area contributed by atoms with Gasteiger partial charge in [-0.25, -0.2) is 0 Å². The summed E-state index contributed by atoms with van der Waals surface area (Å²) in [6, 6.07) is 9.43. The van der Waals surface area contributed by atoms with Crippen LogP contribution in [0.5, 0.6) is 0 Å². The summed E-state index contributed by atoms with van der Waals surface area (Å²) in [5, 5.41) is 12.6. The van der Waals surface area contributed by atoms with Gasteiger partial charge in [0.2, 0.25) is 5.91 Å². The number of nitrogens with zero attached hydrogens (tertiary/aromatic N) is 1. The average Bonchev–Trinajstić information content (AvgIpc) is 3.30. The number of hydrogen-bond donors (Lipinski definition) is 3. The normalized spacial score (nSPS) is 14.4. The van der Waals surface area contributed by atoms with Crippen LogP contribution in [0.15, 0.2) is 34.8 Å². The molecular formula is C18H21BrN4O2. The van der Waals surface area contributed by atoms with Gasteiger partial charge in [-0.05, 0) is 31.0 Å². The van der Waals surface area contributed by atoms with E-state index in [9.17, 15) is 9.59 Å². The van der Waals surface area contributed by atoms with Crippen molar-refractivity contribution >= 4 is 27.7 Å². The third-order valence-corrected chi connectivity index (χ3v) is 4.93. The molecule has 7 heteroatoms. The van der Waals surface area contributed by atoms with Crippen molar-refractivity contribution in [3.8, 4) is 11.3 Å². The second-order valence-electron chi connectivity index (χ2n) is 6.20. The second kappa shape index (κ2) is 8.29. The van der Waals surface area contributed by atoms with Crippen molar-refractivity contribution in [2.24, 2.45) is 5.92 Å². The van der Waals surface area contributed by atoms with E-state index >= 15 is 0 Å². The van der Waals surface area contributed by atoms with E-state index < -0.39 is 0 Å². The largest absolute Gasteiger partial charge is 0.354 e. The molecule has 1 aliphatic carbocycles. The molecule has 0 bridgehead atoms. The Bertz CT molecular complexity index is 736. The molecule has 132 valence electrons. The summed E-state index contributed by atoms with van der Waals surface area (Å²) >= 11 is 3.39. The molecule has 0 saturated heterocycles. The van der Waals surface area contributed by atoms with Gasteiger partial charge in [0, 0.05) is 29.0 Å². The lowest BCUT2D eigenvalue weighted by Gasteiger charge is -2.10. The van der Waals surface area contributed by atoms with E-state index in [1.165, 1.54) is 0 Å². The Morgan fingerprint density at radius 1 is 1.12 bits per heavy atom. The first-order valence-corrected chi connectivity index (χ1v) is 9.30. The standard InChI is InChI=1S/C18H21BrN4O2/c19-14-7-5-12(6-8-14)15-11-16(23-22-15)18(25)21-10-9-20-17(24)13-3-1-2-4-13/h5-8,11,13H,1-4,9-10H2,(H,20,24)(H,21,25)(H,22,23). The quantitative estimate of drug-likeness (QED) is 0.646. The summed E-state index contributed by atoms with van der Waals surface area (Å²) in [7, 11) is 0. The number of H-pyrrole nitrogens is 1. The zero-order chi connectivity index (χ0) is 17.6. The van der Waals surface area contributed by atoms with Crippen molar-refractivity contribution in [1.82, 2.24) is 20.8 Å². The maximum absolute atomic E-state index is 12.1. The first kappa shape index (κ1) is 17.7. The highest BCUT2D eigenvalue weighted by Gasteiger charge is 2.22. The molecule has 1 heterocycles. The van der Waals surface area contributed by atoms with Gasteiger partial charge >= 0.3 is 0 Å². The van der Waals surface area contributed by atoms with Crippen molar-refractivity contribution in [3.63, 3.8) is 0 Å². The molecule has 0 unspecified atom stereocenters. The highest BCUT2D eigenvalue weighted by Crippen LogP contribution is 2.24. The number of amides is 2. The fourth-order valence-corrected chi connectivity index (χ4v) is 3.26. The lowest BCUT2D eigenvalue weighted by atomic mass is 10.1. The third-order valence-electron chi connectivity index (χ3n) is 4.40. The van der Waals surface area contributed by atoms with E-state index in [1.54, 1.807) is 6.07 Å². The molecule has 3 N–H and O–H groups in total. The van der Waals surface area contributed by atoms with Crippen molar-refractivity contribution in [1.29, 1.82) is 0 Å². The minimum absolute atomic E-state index is 0.103. The van der Waals surface area contributed by atoms with Gasteiger partial charge in [-0.3, -0.25) is 14.7 Å². The van der Waals surface area contributed by atoms with Crippen molar-refractivity contribution in [2.75, 3.05) is 13.1 Å². The van der Waals surface area contributed by atoms with Gasteiger partial charge in [-0.2, -0.15) is 5.10 Å². The van der Waals surface area contributed by atoms with Crippen LogP contribution in [0.25, 0.3) is 11.3 Å². The molecule has 25 heavy (non-hydrogen) atoms. The fourth-order valence-electron chi connectivity index (χ4n) is 3.00. The van der Waals surface area contributed by atoms with Gasteiger partial charge in [-0.15, -0.1) is 0 Å². The predicted molar refractivity (Wildman–Crippen MR) is 99.0 cm³/mol. The molecule has 1 aromatic heterocycles. The first-order valence-electron chi connectivity index (χ1n) is 8.51. The van der Waals surface area contributed by atoms with Crippen LogP contribution in [0.2, 0.25) is 0 Å². The molecule has 0 atom stereocenters. The van der Waals surface area contributed by atoms with Crippen molar-refractivity contribution in [3.05, 3.63) is 40.5 Å². The number of carbonyl (C=O) groups is 2. The van der Waals surface area contributed by atoms with E-state index in [0.717, 1.165) is 35.7 Å². The van der Waals surface area contributed by atoms with Gasteiger partial charge in [-0.1, -0.05) is 40.9 Å². The van der Waals surface area contributed by atoms with Crippen LogP contribution in [0, 0.1) is 5.92 Å². The second-order valence-corrected chi connectivity index (χ2v) is 7.12. The van der Waals surface area contributed by atoms with Crippen molar-refractivity contribution in [2.45, 2.75) is 25.7 Å². The maximum Gasteiger partial charge on any atom is 0.269 e. The van der Waals surface area contributed by atoms with E-state index in [1.807, 2.05) is 24.3 Å².